The van der Waals surface area contributed by atoms with Gasteiger partial charge in [0.15, 0.2) is 17.8 Å². The molecule has 0 atom stereocenters. The lowest BCUT2D eigenvalue weighted by atomic mass is 10.1. The first kappa shape index (κ1) is 17.7. The fraction of sp³-hybridized carbons (Fsp3) is 0.250. The van der Waals surface area contributed by atoms with E-state index in [1.54, 1.807) is 37.4 Å². The Morgan fingerprint density at radius 2 is 1.92 bits per heavy atom. The van der Waals surface area contributed by atoms with E-state index >= 15 is 0 Å². The van der Waals surface area contributed by atoms with Crippen molar-refractivity contribution in [2.75, 3.05) is 0 Å². The highest BCUT2D eigenvalue weighted by Gasteiger charge is 2.21. The second kappa shape index (κ2) is 7.00. The van der Waals surface area contributed by atoms with Crippen LogP contribution in [0.25, 0.3) is 10.9 Å². The fourth-order valence-electron chi connectivity index (χ4n) is 3.22. The number of aromatic hydroxyl groups is 1. The van der Waals surface area contributed by atoms with Crippen LogP contribution >= 0.6 is 0 Å². The van der Waals surface area contributed by atoms with Crippen molar-refractivity contribution in [1.82, 2.24) is 9.13 Å². The minimum Gasteiger partial charge on any atom is -0.505 e. The van der Waals surface area contributed by atoms with Crippen molar-refractivity contribution in [3.05, 3.63) is 63.7 Å². The molecule has 1 aromatic carbocycles. The van der Waals surface area contributed by atoms with E-state index in [1.807, 2.05) is 13.0 Å². The highest BCUT2D eigenvalue weighted by molar-refractivity contribution is 5.97. The lowest BCUT2D eigenvalue weighted by Gasteiger charge is -2.13. The summed E-state index contributed by atoms with van der Waals surface area (Å²) in [5, 5.41) is 10.4. The zero-order valence-electron chi connectivity index (χ0n) is 14.7. The van der Waals surface area contributed by atoms with E-state index in [0.29, 0.717) is 29.5 Å². The van der Waals surface area contributed by atoms with E-state index in [-0.39, 0.29) is 29.2 Å². The molecule has 3 aromatic rings. The number of aryl methyl sites for hydroxylation is 2. The predicted octanol–water partition coefficient (Wildman–Crippen LogP) is 2.69. The largest absolute Gasteiger partial charge is 0.505 e. The number of ketones is 1. The van der Waals surface area contributed by atoms with Gasteiger partial charge < -0.3 is 14.2 Å². The van der Waals surface area contributed by atoms with E-state index in [9.17, 15) is 19.5 Å². The molecule has 0 saturated heterocycles. The first-order valence-electron chi connectivity index (χ1n) is 8.47. The number of hydrogen-bond donors (Lipinski definition) is 1. The van der Waals surface area contributed by atoms with Crippen LogP contribution in [0.4, 0.5) is 0 Å². The highest BCUT2D eigenvalue weighted by Crippen LogP contribution is 2.28. The molecule has 0 saturated carbocycles. The minimum absolute atomic E-state index is 0.0479. The monoisotopic (exact) mass is 352 g/mol. The summed E-state index contributed by atoms with van der Waals surface area (Å²) in [6.45, 7) is 1.87. The van der Waals surface area contributed by atoms with Crippen LogP contribution in [-0.4, -0.2) is 26.3 Å². The molecule has 26 heavy (non-hydrogen) atoms. The van der Waals surface area contributed by atoms with Crippen LogP contribution in [0.3, 0.4) is 0 Å². The maximum absolute atomic E-state index is 13.0. The van der Waals surface area contributed by atoms with Crippen molar-refractivity contribution in [3.8, 4) is 5.75 Å². The van der Waals surface area contributed by atoms with Gasteiger partial charge in [-0.15, -0.1) is 0 Å². The average Bonchev–Trinajstić information content (AvgIpc) is 2.89. The number of benzene rings is 1. The normalized spacial score (nSPS) is 11.0. The molecule has 0 bridgehead atoms. The Labute approximate surface area is 150 Å². The predicted molar refractivity (Wildman–Crippen MR) is 99.0 cm³/mol. The van der Waals surface area contributed by atoms with Gasteiger partial charge in [-0.1, -0.05) is 43.7 Å². The van der Waals surface area contributed by atoms with Gasteiger partial charge in [-0.2, -0.15) is 0 Å². The molecule has 0 aliphatic rings. The molecule has 0 spiro atoms. The Kier molecular flexibility index (Phi) is 4.75. The summed E-state index contributed by atoms with van der Waals surface area (Å²) in [5.41, 5.74) is 1.30. The zero-order chi connectivity index (χ0) is 18.8. The summed E-state index contributed by atoms with van der Waals surface area (Å²) >= 11 is 0. The molecule has 6 heteroatoms. The molecule has 2 aromatic heterocycles. The number of aldehydes is 1. The molecule has 0 unspecified atom stereocenters. The van der Waals surface area contributed by atoms with Gasteiger partial charge in [0, 0.05) is 18.3 Å². The summed E-state index contributed by atoms with van der Waals surface area (Å²) in [7, 11) is 1.63. The Bertz CT molecular complexity index is 1050. The Hall–Kier alpha value is -3.15. The highest BCUT2D eigenvalue weighted by atomic mass is 16.3. The van der Waals surface area contributed by atoms with Crippen molar-refractivity contribution in [1.29, 1.82) is 0 Å². The third-order valence-corrected chi connectivity index (χ3v) is 4.58. The molecule has 3 rings (SSSR count). The molecular weight excluding hydrogens is 332 g/mol. The van der Waals surface area contributed by atoms with Crippen molar-refractivity contribution >= 4 is 23.0 Å². The van der Waals surface area contributed by atoms with E-state index in [1.165, 1.54) is 9.13 Å². The third-order valence-electron chi connectivity index (χ3n) is 4.58. The second-order valence-electron chi connectivity index (χ2n) is 6.24. The standard InChI is InChI=1S/C20H20N2O4/c1-3-7-14-10-15-18(19(25)16(12-23)21(15)2)20(26)22(14)11-17(24)13-8-5-4-6-9-13/h4-6,8-10,12,25H,3,7,11H2,1-2H3. The number of Topliss-reactive ketones (excluding diaryl/α,β-unsaturated/α-hetero) is 1. The number of hydrogen-bond acceptors (Lipinski definition) is 4. The van der Waals surface area contributed by atoms with E-state index in [2.05, 4.69) is 0 Å². The quantitative estimate of drug-likeness (QED) is 0.546. The number of aromatic nitrogens is 2. The zero-order valence-corrected chi connectivity index (χ0v) is 14.7. The lowest BCUT2D eigenvalue weighted by Crippen LogP contribution is -2.27. The van der Waals surface area contributed by atoms with Gasteiger partial charge in [0.1, 0.15) is 11.1 Å². The number of fused-ring (bicyclic) bond motifs is 1. The van der Waals surface area contributed by atoms with Crippen LogP contribution < -0.4 is 5.56 Å². The molecule has 0 aliphatic heterocycles. The van der Waals surface area contributed by atoms with Gasteiger partial charge >= 0.3 is 0 Å². The summed E-state index contributed by atoms with van der Waals surface area (Å²) < 4.78 is 2.90. The smallest absolute Gasteiger partial charge is 0.264 e. The Morgan fingerprint density at radius 1 is 1.23 bits per heavy atom. The Morgan fingerprint density at radius 3 is 2.54 bits per heavy atom. The molecular formula is C20H20N2O4. The molecule has 0 aliphatic carbocycles. The number of carbonyl (C=O) groups excluding carboxylic acids is 2. The van der Waals surface area contributed by atoms with Crippen molar-refractivity contribution in [2.45, 2.75) is 26.3 Å². The first-order valence-corrected chi connectivity index (χ1v) is 8.47. The van der Waals surface area contributed by atoms with Crippen LogP contribution in [-0.2, 0) is 20.0 Å². The maximum atomic E-state index is 13.0. The van der Waals surface area contributed by atoms with Gasteiger partial charge in [-0.3, -0.25) is 14.4 Å². The lowest BCUT2D eigenvalue weighted by molar-refractivity contribution is 0.0969. The second-order valence-corrected chi connectivity index (χ2v) is 6.24. The Balaban J connectivity index is 2.20. The summed E-state index contributed by atoms with van der Waals surface area (Å²) in [6.07, 6.45) is 1.92. The molecule has 1 N–H and O–H groups in total. The molecule has 0 amide bonds. The summed E-state index contributed by atoms with van der Waals surface area (Å²) in [6, 6.07) is 10.5. The van der Waals surface area contributed by atoms with Crippen LogP contribution in [0.2, 0.25) is 0 Å². The minimum atomic E-state index is -0.462. The molecule has 0 fully saturated rings. The van der Waals surface area contributed by atoms with Gasteiger partial charge in [0.05, 0.1) is 12.1 Å². The number of carbonyl (C=O) groups is 2. The van der Waals surface area contributed by atoms with Crippen LogP contribution in [0.15, 0.2) is 41.2 Å². The number of pyridine rings is 1. The van der Waals surface area contributed by atoms with Gasteiger partial charge in [0.2, 0.25) is 0 Å². The molecule has 134 valence electrons. The van der Waals surface area contributed by atoms with Crippen LogP contribution in [0.5, 0.6) is 5.75 Å². The summed E-state index contributed by atoms with van der Waals surface area (Å²) in [5.74, 6) is -0.526. The third kappa shape index (κ3) is 2.83. The molecule has 2 heterocycles. The van der Waals surface area contributed by atoms with Gasteiger partial charge in [0.25, 0.3) is 5.56 Å². The molecule has 6 nitrogen and oxygen atoms in total. The van der Waals surface area contributed by atoms with E-state index in [4.69, 9.17) is 0 Å². The van der Waals surface area contributed by atoms with E-state index < -0.39 is 5.56 Å². The van der Waals surface area contributed by atoms with Gasteiger partial charge in [-0.05, 0) is 12.5 Å². The summed E-state index contributed by atoms with van der Waals surface area (Å²) in [4.78, 5) is 36.8. The van der Waals surface area contributed by atoms with Gasteiger partial charge in [-0.25, -0.2) is 0 Å². The van der Waals surface area contributed by atoms with Crippen molar-refractivity contribution in [2.24, 2.45) is 7.05 Å². The average molecular weight is 352 g/mol. The van der Waals surface area contributed by atoms with Crippen LogP contribution in [0.1, 0.15) is 39.9 Å². The fourth-order valence-corrected chi connectivity index (χ4v) is 3.22. The number of nitrogens with zero attached hydrogens (tertiary/aromatic N) is 2. The van der Waals surface area contributed by atoms with E-state index in [0.717, 1.165) is 6.42 Å². The molecule has 0 radical (unpaired) electrons. The first-order chi connectivity index (χ1) is 12.5. The number of rotatable bonds is 6. The van der Waals surface area contributed by atoms with Crippen LogP contribution in [0, 0.1) is 0 Å². The maximum Gasteiger partial charge on any atom is 0.264 e. The SMILES string of the molecule is CCCc1cc2c(c(O)c(C=O)n2C)c(=O)n1CC(=O)c1ccccc1. The van der Waals surface area contributed by atoms with Crippen molar-refractivity contribution < 1.29 is 14.7 Å². The van der Waals surface area contributed by atoms with Crippen molar-refractivity contribution in [3.63, 3.8) is 0 Å². The topological polar surface area (TPSA) is 81.3 Å².